The summed E-state index contributed by atoms with van der Waals surface area (Å²) in [7, 11) is 0. The van der Waals surface area contributed by atoms with Crippen LogP contribution in [0.25, 0.3) is 0 Å². The highest BCUT2D eigenvalue weighted by molar-refractivity contribution is 6.04. The molecule has 92 valence electrons. The summed E-state index contributed by atoms with van der Waals surface area (Å²) >= 11 is 0. The maximum atomic E-state index is 11.4. The van der Waals surface area contributed by atoms with Gasteiger partial charge in [0.1, 0.15) is 0 Å². The molecule has 0 atom stereocenters. The smallest absolute Gasteiger partial charge is 0.277 e. The molecule has 0 aliphatic carbocycles. The Labute approximate surface area is 96.0 Å². The molecule has 0 radical (unpaired) electrons. The predicted molar refractivity (Wildman–Crippen MR) is 60.6 cm³/mol. The molecule has 0 aliphatic rings. The van der Waals surface area contributed by atoms with E-state index in [9.17, 15) is 14.4 Å². The normalized spacial score (nSPS) is 11.9. The summed E-state index contributed by atoms with van der Waals surface area (Å²) < 4.78 is 0. The van der Waals surface area contributed by atoms with Crippen LogP contribution in [0.3, 0.4) is 0 Å². The van der Waals surface area contributed by atoms with E-state index in [1.807, 2.05) is 0 Å². The van der Waals surface area contributed by atoms with Crippen molar-refractivity contribution >= 4 is 17.8 Å². The highest BCUT2D eigenvalue weighted by Crippen LogP contribution is 2.13. The molecule has 0 saturated heterocycles. The van der Waals surface area contributed by atoms with Crippen molar-refractivity contribution in [1.82, 2.24) is 10.6 Å². The minimum Gasteiger partial charge on any atom is -0.277 e. The van der Waals surface area contributed by atoms with Gasteiger partial charge in [0.25, 0.3) is 0 Å². The summed E-state index contributed by atoms with van der Waals surface area (Å²) in [5, 5.41) is 4.23. The van der Waals surface area contributed by atoms with Gasteiger partial charge >= 0.3 is 6.03 Å². The van der Waals surface area contributed by atoms with Crippen molar-refractivity contribution in [2.75, 3.05) is 0 Å². The summed E-state index contributed by atoms with van der Waals surface area (Å²) in [6.07, 6.45) is 0. The van der Waals surface area contributed by atoms with Crippen LogP contribution in [0.4, 0.5) is 4.79 Å². The first kappa shape index (κ1) is 14.6. The zero-order valence-corrected chi connectivity index (χ0v) is 10.7. The van der Waals surface area contributed by atoms with Gasteiger partial charge in [0.2, 0.25) is 11.8 Å². The Hall–Kier alpha value is -1.39. The van der Waals surface area contributed by atoms with Crippen LogP contribution in [0.2, 0.25) is 0 Å². The van der Waals surface area contributed by atoms with Crippen molar-refractivity contribution in [2.24, 2.45) is 10.8 Å². The van der Waals surface area contributed by atoms with Crippen LogP contribution in [0.15, 0.2) is 0 Å². The van der Waals surface area contributed by atoms with Crippen molar-refractivity contribution in [3.05, 3.63) is 0 Å². The lowest BCUT2D eigenvalue weighted by atomic mass is 9.95. The molecule has 0 fully saturated rings. The molecule has 0 saturated carbocycles. The first-order chi connectivity index (χ1) is 6.94. The molecule has 0 unspecified atom stereocenters. The first-order valence-corrected chi connectivity index (χ1v) is 5.11. The quantitative estimate of drug-likeness (QED) is 0.658. The highest BCUT2D eigenvalue weighted by atomic mass is 16.2. The van der Waals surface area contributed by atoms with E-state index in [1.54, 1.807) is 41.5 Å². The number of rotatable bonds is 0. The molecule has 5 nitrogen and oxygen atoms in total. The van der Waals surface area contributed by atoms with E-state index in [4.69, 9.17) is 0 Å². The maximum Gasteiger partial charge on any atom is 0.328 e. The van der Waals surface area contributed by atoms with Crippen LogP contribution >= 0.6 is 0 Å². The van der Waals surface area contributed by atoms with Crippen molar-refractivity contribution in [1.29, 1.82) is 0 Å². The number of imide groups is 2. The number of carbonyl (C=O) groups excluding carboxylic acids is 3. The van der Waals surface area contributed by atoms with Crippen molar-refractivity contribution in [2.45, 2.75) is 41.5 Å². The Morgan fingerprint density at radius 2 is 0.938 bits per heavy atom. The van der Waals surface area contributed by atoms with Crippen molar-refractivity contribution in [3.63, 3.8) is 0 Å². The highest BCUT2D eigenvalue weighted by Gasteiger charge is 2.26. The van der Waals surface area contributed by atoms with Crippen LogP contribution in [-0.2, 0) is 9.59 Å². The minimum absolute atomic E-state index is 0.424. The van der Waals surface area contributed by atoms with E-state index < -0.39 is 28.7 Å². The molecular weight excluding hydrogens is 208 g/mol. The fraction of sp³-hybridized carbons (Fsp3) is 0.727. The fourth-order valence-corrected chi connectivity index (χ4v) is 0.612. The van der Waals surface area contributed by atoms with Crippen LogP contribution in [0.1, 0.15) is 41.5 Å². The molecule has 0 aromatic heterocycles. The van der Waals surface area contributed by atoms with Gasteiger partial charge in [0.15, 0.2) is 0 Å². The molecule has 2 N–H and O–H groups in total. The molecule has 0 aromatic rings. The van der Waals surface area contributed by atoms with Gasteiger partial charge in [-0.3, -0.25) is 20.2 Å². The lowest BCUT2D eigenvalue weighted by molar-refractivity contribution is -0.128. The Morgan fingerprint density at radius 3 is 1.12 bits per heavy atom. The van der Waals surface area contributed by atoms with Crippen LogP contribution in [-0.4, -0.2) is 17.8 Å². The van der Waals surface area contributed by atoms with E-state index in [0.29, 0.717) is 0 Å². The number of amides is 4. The van der Waals surface area contributed by atoms with E-state index in [0.717, 1.165) is 0 Å². The van der Waals surface area contributed by atoms with Gasteiger partial charge in [-0.1, -0.05) is 41.5 Å². The molecular formula is C11H20N2O3. The average molecular weight is 228 g/mol. The van der Waals surface area contributed by atoms with Gasteiger partial charge in [-0.25, -0.2) is 4.79 Å². The topological polar surface area (TPSA) is 75.3 Å². The molecule has 0 rings (SSSR count). The number of nitrogens with one attached hydrogen (secondary N) is 2. The number of urea groups is 1. The monoisotopic (exact) mass is 228 g/mol. The number of hydrogen-bond donors (Lipinski definition) is 2. The largest absolute Gasteiger partial charge is 0.328 e. The van der Waals surface area contributed by atoms with Gasteiger partial charge in [0, 0.05) is 10.8 Å². The average Bonchev–Trinajstić information content (AvgIpc) is 1.99. The Kier molecular flexibility index (Phi) is 4.23. The maximum absolute atomic E-state index is 11.4. The van der Waals surface area contributed by atoms with Crippen LogP contribution in [0.5, 0.6) is 0 Å². The summed E-state index contributed by atoms with van der Waals surface area (Å²) in [5.74, 6) is -0.849. The molecule has 0 bridgehead atoms. The molecule has 0 heterocycles. The summed E-state index contributed by atoms with van der Waals surface area (Å²) in [6, 6.07) is -0.778. The third-order valence-electron chi connectivity index (χ3n) is 1.82. The van der Waals surface area contributed by atoms with Gasteiger partial charge in [-0.2, -0.15) is 0 Å². The molecule has 16 heavy (non-hydrogen) atoms. The lowest BCUT2D eigenvalue weighted by Gasteiger charge is -2.19. The number of hydrogen-bond acceptors (Lipinski definition) is 3. The van der Waals surface area contributed by atoms with Gasteiger partial charge in [-0.15, -0.1) is 0 Å². The van der Waals surface area contributed by atoms with Gasteiger partial charge < -0.3 is 0 Å². The van der Waals surface area contributed by atoms with Crippen LogP contribution < -0.4 is 10.6 Å². The van der Waals surface area contributed by atoms with Crippen molar-refractivity contribution in [3.8, 4) is 0 Å². The third-order valence-corrected chi connectivity index (χ3v) is 1.82. The second-order valence-electron chi connectivity index (χ2n) is 5.74. The minimum atomic E-state index is -0.778. The van der Waals surface area contributed by atoms with E-state index in [-0.39, 0.29) is 0 Å². The lowest BCUT2D eigenvalue weighted by Crippen LogP contribution is -2.49. The van der Waals surface area contributed by atoms with Gasteiger partial charge in [-0.05, 0) is 0 Å². The van der Waals surface area contributed by atoms with E-state index >= 15 is 0 Å². The third kappa shape index (κ3) is 4.91. The molecule has 0 spiro atoms. The van der Waals surface area contributed by atoms with E-state index in [1.165, 1.54) is 0 Å². The Bertz CT molecular complexity index is 278. The van der Waals surface area contributed by atoms with Crippen LogP contribution in [0, 0.1) is 10.8 Å². The zero-order valence-electron chi connectivity index (χ0n) is 10.7. The standard InChI is InChI=1S/C11H20N2O3/c1-10(2,3)7(14)12-9(16)13-8(15)11(4,5)6/h1-6H3,(H2,12,13,14,15,16). The number of carbonyl (C=O) groups is 3. The molecule has 0 aliphatic heterocycles. The van der Waals surface area contributed by atoms with Gasteiger partial charge in [0.05, 0.1) is 0 Å². The SMILES string of the molecule is CC(C)(C)C(=O)NC(=O)NC(=O)C(C)(C)C. The zero-order chi connectivity index (χ0) is 13.1. The summed E-state index contributed by atoms with van der Waals surface area (Å²) in [6.45, 7) is 10.1. The Balaban J connectivity index is 4.32. The summed E-state index contributed by atoms with van der Waals surface area (Å²) in [4.78, 5) is 34.1. The predicted octanol–water partition coefficient (Wildman–Crippen LogP) is 1.43. The second-order valence-corrected chi connectivity index (χ2v) is 5.74. The second kappa shape index (κ2) is 4.63. The summed E-state index contributed by atoms with van der Waals surface area (Å²) in [5.41, 5.74) is -1.33. The van der Waals surface area contributed by atoms with E-state index in [2.05, 4.69) is 10.6 Å². The Morgan fingerprint density at radius 1 is 0.688 bits per heavy atom. The molecule has 0 aromatic carbocycles. The first-order valence-electron chi connectivity index (χ1n) is 5.11. The molecule has 5 heteroatoms. The van der Waals surface area contributed by atoms with Crippen molar-refractivity contribution < 1.29 is 14.4 Å². The fourth-order valence-electron chi connectivity index (χ4n) is 0.612. The molecule has 4 amide bonds.